The molecule has 3 rings (SSSR count). The summed E-state index contributed by atoms with van der Waals surface area (Å²) in [5.41, 5.74) is 4.19. The molecule has 19 heavy (non-hydrogen) atoms. The Morgan fingerprint density at radius 1 is 1.47 bits per heavy atom. The molecule has 0 radical (unpaired) electrons. The molecule has 4 nitrogen and oxygen atoms in total. The molecule has 1 atom stereocenters. The van der Waals surface area contributed by atoms with Gasteiger partial charge in [-0.1, -0.05) is 11.6 Å². The molecule has 2 heterocycles. The number of aryl methyl sites for hydroxylation is 3. The predicted molar refractivity (Wildman–Crippen MR) is 74.4 cm³/mol. The molecule has 102 valence electrons. The molecule has 0 aromatic carbocycles. The van der Waals surface area contributed by atoms with Crippen molar-refractivity contribution in [3.05, 3.63) is 39.9 Å². The third kappa shape index (κ3) is 2.19. The molecule has 2 aromatic heterocycles. The third-order valence-corrected chi connectivity index (χ3v) is 4.37. The van der Waals surface area contributed by atoms with Crippen LogP contribution in [0.2, 0.25) is 5.02 Å². The summed E-state index contributed by atoms with van der Waals surface area (Å²) in [6, 6.07) is 0. The zero-order valence-electron chi connectivity index (χ0n) is 11.2. The molecule has 1 unspecified atom stereocenters. The molecule has 2 aromatic rings. The summed E-state index contributed by atoms with van der Waals surface area (Å²) in [6.45, 7) is 2.60. The van der Waals surface area contributed by atoms with Crippen LogP contribution in [0, 0.1) is 6.92 Å². The van der Waals surface area contributed by atoms with E-state index in [4.69, 9.17) is 11.6 Å². The number of aromatic nitrogens is 3. The van der Waals surface area contributed by atoms with Gasteiger partial charge in [-0.05, 0) is 31.7 Å². The molecule has 0 fully saturated rings. The highest BCUT2D eigenvalue weighted by molar-refractivity contribution is 6.31. The Balaban J connectivity index is 1.92. The second-order valence-corrected chi connectivity index (χ2v) is 5.67. The van der Waals surface area contributed by atoms with Crippen LogP contribution in [0.25, 0.3) is 0 Å². The molecule has 0 spiro atoms. The van der Waals surface area contributed by atoms with Crippen molar-refractivity contribution in [3.63, 3.8) is 0 Å². The zero-order valence-corrected chi connectivity index (χ0v) is 12.0. The lowest BCUT2D eigenvalue weighted by atomic mass is 9.93. The quantitative estimate of drug-likeness (QED) is 0.918. The average Bonchev–Trinajstić information content (AvgIpc) is 2.88. The van der Waals surface area contributed by atoms with Crippen molar-refractivity contribution in [2.45, 2.75) is 38.8 Å². The van der Waals surface area contributed by atoms with E-state index in [1.807, 2.05) is 24.9 Å². The standard InChI is InChI=1S/C14H18ClN3O/c1-9-14(15)12(17(2)16-9)8-18-6-10-4-3-5-13(19)11(10)7-18/h6-7,13,19H,3-5,8H2,1-2H3. The van der Waals surface area contributed by atoms with Crippen LogP contribution in [0.3, 0.4) is 0 Å². The minimum absolute atomic E-state index is 0.311. The Kier molecular flexibility index (Phi) is 3.15. The SMILES string of the molecule is Cc1nn(C)c(Cn2cc3c(c2)C(O)CCC3)c1Cl. The summed E-state index contributed by atoms with van der Waals surface area (Å²) in [5, 5.41) is 15.1. The first-order valence-electron chi connectivity index (χ1n) is 6.61. The van der Waals surface area contributed by atoms with E-state index in [-0.39, 0.29) is 6.10 Å². The van der Waals surface area contributed by atoms with Gasteiger partial charge < -0.3 is 9.67 Å². The van der Waals surface area contributed by atoms with Crippen LogP contribution in [0.1, 0.15) is 41.5 Å². The van der Waals surface area contributed by atoms with Crippen molar-refractivity contribution in [1.82, 2.24) is 14.3 Å². The van der Waals surface area contributed by atoms with Gasteiger partial charge in [0.15, 0.2) is 0 Å². The largest absolute Gasteiger partial charge is 0.388 e. The van der Waals surface area contributed by atoms with E-state index in [0.29, 0.717) is 6.54 Å². The monoisotopic (exact) mass is 279 g/mol. The highest BCUT2D eigenvalue weighted by atomic mass is 35.5. The summed E-state index contributed by atoms with van der Waals surface area (Å²) in [5.74, 6) is 0. The van der Waals surface area contributed by atoms with Gasteiger partial charge in [0.1, 0.15) is 0 Å². The van der Waals surface area contributed by atoms with Crippen molar-refractivity contribution in [2.75, 3.05) is 0 Å². The second kappa shape index (κ2) is 4.69. The van der Waals surface area contributed by atoms with Crippen molar-refractivity contribution in [3.8, 4) is 0 Å². The Morgan fingerprint density at radius 3 is 2.89 bits per heavy atom. The van der Waals surface area contributed by atoms with Gasteiger partial charge in [-0.3, -0.25) is 4.68 Å². The zero-order chi connectivity index (χ0) is 13.6. The maximum atomic E-state index is 10.00. The first-order valence-corrected chi connectivity index (χ1v) is 6.98. The summed E-state index contributed by atoms with van der Waals surface area (Å²) in [6.07, 6.45) is 6.83. The summed E-state index contributed by atoms with van der Waals surface area (Å²) in [4.78, 5) is 0. The van der Waals surface area contributed by atoms with E-state index in [9.17, 15) is 5.11 Å². The van der Waals surface area contributed by atoms with Gasteiger partial charge in [-0.15, -0.1) is 0 Å². The number of nitrogens with zero attached hydrogens (tertiary/aromatic N) is 3. The Labute approximate surface area is 117 Å². The van der Waals surface area contributed by atoms with Gasteiger partial charge >= 0.3 is 0 Å². The Bertz CT molecular complexity index is 614. The molecule has 1 aliphatic rings. The van der Waals surface area contributed by atoms with E-state index in [1.165, 1.54) is 5.56 Å². The number of hydrogen-bond acceptors (Lipinski definition) is 2. The molecular weight excluding hydrogens is 262 g/mol. The van der Waals surface area contributed by atoms with Gasteiger partial charge in [-0.2, -0.15) is 5.10 Å². The highest BCUT2D eigenvalue weighted by Gasteiger charge is 2.20. The number of aliphatic hydroxyl groups is 1. The summed E-state index contributed by atoms with van der Waals surface area (Å²) in [7, 11) is 1.91. The molecule has 1 aliphatic carbocycles. The van der Waals surface area contributed by atoms with E-state index >= 15 is 0 Å². The first kappa shape index (κ1) is 12.8. The van der Waals surface area contributed by atoms with Gasteiger partial charge in [0, 0.05) is 25.0 Å². The molecule has 0 aliphatic heterocycles. The van der Waals surface area contributed by atoms with E-state index in [2.05, 4.69) is 15.9 Å². The van der Waals surface area contributed by atoms with Crippen LogP contribution >= 0.6 is 11.6 Å². The fourth-order valence-electron chi connectivity index (χ4n) is 2.84. The Hall–Kier alpha value is -1.26. The third-order valence-electron chi connectivity index (χ3n) is 3.87. The lowest BCUT2D eigenvalue weighted by molar-refractivity contribution is 0.157. The van der Waals surface area contributed by atoms with Gasteiger partial charge in [0.2, 0.25) is 0 Å². The van der Waals surface area contributed by atoms with Crippen LogP contribution in [0.4, 0.5) is 0 Å². The molecule has 5 heteroatoms. The molecular formula is C14H18ClN3O. The van der Waals surface area contributed by atoms with Crippen molar-refractivity contribution in [2.24, 2.45) is 7.05 Å². The number of hydrogen-bond donors (Lipinski definition) is 1. The summed E-state index contributed by atoms with van der Waals surface area (Å²) >= 11 is 6.27. The number of aliphatic hydroxyl groups excluding tert-OH is 1. The highest BCUT2D eigenvalue weighted by Crippen LogP contribution is 2.31. The lowest BCUT2D eigenvalue weighted by Gasteiger charge is -2.16. The minimum Gasteiger partial charge on any atom is -0.388 e. The molecule has 0 saturated heterocycles. The number of fused-ring (bicyclic) bond motifs is 1. The van der Waals surface area contributed by atoms with Crippen molar-refractivity contribution < 1.29 is 5.11 Å². The maximum absolute atomic E-state index is 10.00. The van der Waals surface area contributed by atoms with Crippen LogP contribution in [-0.4, -0.2) is 19.5 Å². The fraction of sp³-hybridized carbons (Fsp3) is 0.500. The van der Waals surface area contributed by atoms with Gasteiger partial charge in [0.25, 0.3) is 0 Å². The van der Waals surface area contributed by atoms with Crippen LogP contribution in [-0.2, 0) is 20.0 Å². The first-order chi connectivity index (χ1) is 9.06. The van der Waals surface area contributed by atoms with E-state index in [0.717, 1.165) is 41.2 Å². The molecule has 0 amide bonds. The van der Waals surface area contributed by atoms with Crippen molar-refractivity contribution in [1.29, 1.82) is 0 Å². The van der Waals surface area contributed by atoms with Crippen LogP contribution in [0.5, 0.6) is 0 Å². The number of halogens is 1. The normalized spacial score (nSPS) is 18.6. The molecule has 0 saturated carbocycles. The van der Waals surface area contributed by atoms with Crippen molar-refractivity contribution >= 4 is 11.6 Å². The average molecular weight is 280 g/mol. The second-order valence-electron chi connectivity index (χ2n) is 5.29. The predicted octanol–water partition coefficient (Wildman–Crippen LogP) is 2.60. The van der Waals surface area contributed by atoms with Crippen LogP contribution < -0.4 is 0 Å². The maximum Gasteiger partial charge on any atom is 0.0865 e. The minimum atomic E-state index is -0.311. The Morgan fingerprint density at radius 2 is 2.26 bits per heavy atom. The van der Waals surface area contributed by atoms with Crippen LogP contribution in [0.15, 0.2) is 12.4 Å². The fourth-order valence-corrected chi connectivity index (χ4v) is 3.06. The molecule has 0 bridgehead atoms. The number of rotatable bonds is 2. The molecule has 1 N–H and O–H groups in total. The van der Waals surface area contributed by atoms with Gasteiger partial charge in [-0.25, -0.2) is 0 Å². The lowest BCUT2D eigenvalue weighted by Crippen LogP contribution is -2.06. The smallest absolute Gasteiger partial charge is 0.0865 e. The summed E-state index contributed by atoms with van der Waals surface area (Å²) < 4.78 is 3.93. The van der Waals surface area contributed by atoms with Gasteiger partial charge in [0.05, 0.1) is 29.1 Å². The van der Waals surface area contributed by atoms with E-state index < -0.39 is 0 Å². The topological polar surface area (TPSA) is 43.0 Å². The van der Waals surface area contributed by atoms with E-state index in [1.54, 1.807) is 0 Å².